The average Bonchev–Trinajstić information content (AvgIpc) is 3.21. The van der Waals surface area contributed by atoms with Crippen LogP contribution in [0.5, 0.6) is 0 Å². The number of hydrogen-bond donors (Lipinski definition) is 1. The average molecular weight is 618 g/mol. The van der Waals surface area contributed by atoms with Gasteiger partial charge in [-0.2, -0.15) is 0 Å². The molecule has 4 aliphatic heterocycles. The van der Waals surface area contributed by atoms with Gasteiger partial charge in [-0.1, -0.05) is 37.6 Å². The van der Waals surface area contributed by atoms with Gasteiger partial charge in [-0.25, -0.2) is 18.2 Å². The van der Waals surface area contributed by atoms with Crippen LogP contribution in [0.4, 0.5) is 0 Å². The van der Waals surface area contributed by atoms with Crippen molar-refractivity contribution in [3.05, 3.63) is 42.5 Å². The Bertz CT molecular complexity index is 1370. The van der Waals surface area contributed by atoms with E-state index in [9.17, 15) is 22.8 Å². The molecule has 3 unspecified atom stereocenters. The number of fused-ring (bicyclic) bond motifs is 2. The lowest BCUT2D eigenvalue weighted by Gasteiger charge is -2.61. The third kappa shape index (κ3) is 5.86. The fourth-order valence-corrected chi connectivity index (χ4v) is 8.47. The molecule has 43 heavy (non-hydrogen) atoms. The lowest BCUT2D eigenvalue weighted by Crippen LogP contribution is -2.75. The molecule has 1 aromatic carbocycles. The summed E-state index contributed by atoms with van der Waals surface area (Å²) in [4.78, 5) is 55.1. The topological polar surface area (TPSA) is 132 Å². The molecule has 0 radical (unpaired) electrons. The number of ether oxygens (including phenoxy) is 1. The zero-order valence-electron chi connectivity index (χ0n) is 25.4. The Labute approximate surface area is 253 Å². The molecule has 5 fully saturated rings. The summed E-state index contributed by atoms with van der Waals surface area (Å²) in [6.45, 7) is 11.3. The van der Waals surface area contributed by atoms with Crippen molar-refractivity contribution in [2.24, 2.45) is 23.7 Å². The Hall–Kier alpha value is -2.80. The number of benzene rings is 1. The van der Waals surface area contributed by atoms with Gasteiger partial charge in [0.25, 0.3) is 0 Å². The minimum absolute atomic E-state index is 0.0559. The van der Waals surface area contributed by atoms with E-state index < -0.39 is 39.2 Å². The van der Waals surface area contributed by atoms with E-state index in [1.54, 1.807) is 17.0 Å². The number of carbonyl (C=O) groups is 3. The lowest BCUT2D eigenvalue weighted by molar-refractivity contribution is -0.547. The van der Waals surface area contributed by atoms with Crippen molar-refractivity contribution in [3.8, 4) is 0 Å². The predicted molar refractivity (Wildman–Crippen MR) is 156 cm³/mol. The Kier molecular flexibility index (Phi) is 8.78. The Morgan fingerprint density at radius 3 is 2.56 bits per heavy atom. The van der Waals surface area contributed by atoms with E-state index in [-0.39, 0.29) is 60.5 Å². The lowest BCUT2D eigenvalue weighted by atomic mass is 9.57. The summed E-state index contributed by atoms with van der Waals surface area (Å²) >= 11 is 0. The molecule has 12 heteroatoms. The van der Waals surface area contributed by atoms with Gasteiger partial charge in [-0.05, 0) is 57.1 Å². The van der Waals surface area contributed by atoms with Crippen molar-refractivity contribution in [2.45, 2.75) is 82.3 Å². The highest BCUT2D eigenvalue weighted by atomic mass is 32.2. The number of sulfone groups is 1. The first kappa shape index (κ1) is 31.6. The molecule has 3 amide bonds. The van der Waals surface area contributed by atoms with E-state index in [2.05, 4.69) is 18.8 Å². The molecule has 6 rings (SSSR count). The number of piperidine rings is 1. The molecule has 0 aromatic heterocycles. The van der Waals surface area contributed by atoms with E-state index in [1.807, 2.05) is 20.8 Å². The Balaban J connectivity index is 1.26. The standard InChI is InChI=1S/C31H43N3O8S/c1-6-16-33(18-26(35)32-19-43(38,39)23-10-7-20(2)8-11-23)27(36)14-17-34-28(37)22(4)25-12-9-21(3)24-13-15-30(5)40-29(34)31(24,25)42-41-30/h6-8,10-11,21-22,24-25,29H,1,9,12-19H2,2-5H3,(H,32,35)/t21-,22+,24?,25?,29?,30-,31+/m0/s1. The van der Waals surface area contributed by atoms with Gasteiger partial charge in [-0.15, -0.1) is 6.58 Å². The van der Waals surface area contributed by atoms with E-state index in [0.717, 1.165) is 24.8 Å². The van der Waals surface area contributed by atoms with Crippen molar-refractivity contribution in [3.63, 3.8) is 0 Å². The minimum atomic E-state index is -3.75. The maximum atomic E-state index is 13.7. The first-order valence-corrected chi connectivity index (χ1v) is 16.8. The van der Waals surface area contributed by atoms with Gasteiger partial charge < -0.3 is 19.9 Å². The second-order valence-electron chi connectivity index (χ2n) is 12.7. The molecule has 1 aromatic rings. The highest BCUT2D eigenvalue weighted by molar-refractivity contribution is 7.91. The van der Waals surface area contributed by atoms with Gasteiger partial charge in [0.2, 0.25) is 23.5 Å². The highest BCUT2D eigenvalue weighted by Crippen LogP contribution is 2.60. The molecular formula is C31H43N3O8S. The van der Waals surface area contributed by atoms with Crippen LogP contribution in [0.3, 0.4) is 0 Å². The van der Waals surface area contributed by atoms with Crippen LogP contribution in [0.1, 0.15) is 58.4 Å². The van der Waals surface area contributed by atoms with Gasteiger partial charge in [0, 0.05) is 37.8 Å². The molecule has 236 valence electrons. The Morgan fingerprint density at radius 2 is 1.86 bits per heavy atom. The summed E-state index contributed by atoms with van der Waals surface area (Å²) in [6.07, 6.45) is 4.10. The van der Waals surface area contributed by atoms with Crippen LogP contribution in [0.25, 0.3) is 0 Å². The van der Waals surface area contributed by atoms with Gasteiger partial charge in [-0.3, -0.25) is 14.4 Å². The van der Waals surface area contributed by atoms with Crippen LogP contribution in [0.15, 0.2) is 41.8 Å². The Morgan fingerprint density at radius 1 is 1.14 bits per heavy atom. The predicted octanol–water partition coefficient (Wildman–Crippen LogP) is 2.94. The largest absolute Gasteiger partial charge is 0.340 e. The van der Waals surface area contributed by atoms with Crippen LogP contribution < -0.4 is 5.32 Å². The third-order valence-corrected chi connectivity index (χ3v) is 11.3. The molecule has 1 aliphatic carbocycles. The summed E-state index contributed by atoms with van der Waals surface area (Å²) in [6, 6.07) is 6.36. The van der Waals surface area contributed by atoms with E-state index in [0.29, 0.717) is 12.3 Å². The summed E-state index contributed by atoms with van der Waals surface area (Å²) in [5.74, 6) is -2.53. The van der Waals surface area contributed by atoms with Crippen LogP contribution >= 0.6 is 0 Å². The van der Waals surface area contributed by atoms with E-state index in [1.165, 1.54) is 23.1 Å². The normalized spacial score (nSPS) is 33.3. The third-order valence-electron chi connectivity index (χ3n) is 9.80. The fourth-order valence-electron chi connectivity index (χ4n) is 7.40. The quantitative estimate of drug-likeness (QED) is 0.313. The molecule has 1 spiro atoms. The van der Waals surface area contributed by atoms with E-state index in [4.69, 9.17) is 14.5 Å². The number of rotatable bonds is 10. The number of aryl methyl sites for hydroxylation is 1. The zero-order chi connectivity index (χ0) is 31.2. The van der Waals surface area contributed by atoms with E-state index >= 15 is 0 Å². The van der Waals surface area contributed by atoms with Gasteiger partial charge >= 0.3 is 0 Å². The van der Waals surface area contributed by atoms with Crippen molar-refractivity contribution in [1.29, 1.82) is 0 Å². The summed E-state index contributed by atoms with van der Waals surface area (Å²) in [5, 5.41) is 2.42. The smallest absolute Gasteiger partial charge is 0.240 e. The van der Waals surface area contributed by atoms with Crippen molar-refractivity contribution in [2.75, 3.05) is 25.5 Å². The van der Waals surface area contributed by atoms with Crippen molar-refractivity contribution in [1.82, 2.24) is 15.1 Å². The van der Waals surface area contributed by atoms with Gasteiger partial charge in [0.05, 0.1) is 11.4 Å². The maximum absolute atomic E-state index is 13.7. The second-order valence-corrected chi connectivity index (χ2v) is 14.7. The molecule has 7 atom stereocenters. The zero-order valence-corrected chi connectivity index (χ0v) is 26.2. The van der Waals surface area contributed by atoms with Crippen molar-refractivity contribution >= 4 is 27.6 Å². The molecule has 1 N–H and O–H groups in total. The molecule has 4 saturated heterocycles. The minimum Gasteiger partial charge on any atom is -0.340 e. The SMILES string of the molecule is C=CCN(CC(=O)NCS(=O)(=O)c1ccc(C)cc1)C(=O)CCN1C(=O)[C@H](C)C2CC[C@H](C)C3CC[C@]4(C)OO[C@]32C1O4. The summed E-state index contributed by atoms with van der Waals surface area (Å²) in [7, 11) is -3.75. The van der Waals surface area contributed by atoms with Crippen LogP contribution in [0, 0.1) is 30.6 Å². The number of nitrogens with zero attached hydrogens (tertiary/aromatic N) is 2. The maximum Gasteiger partial charge on any atom is 0.240 e. The molecule has 2 bridgehead atoms. The van der Waals surface area contributed by atoms with Crippen LogP contribution in [0.2, 0.25) is 0 Å². The summed E-state index contributed by atoms with van der Waals surface area (Å²) in [5.41, 5.74) is 0.108. The second kappa shape index (κ2) is 11.9. The van der Waals surface area contributed by atoms with Crippen molar-refractivity contribution < 1.29 is 37.3 Å². The molecular weight excluding hydrogens is 574 g/mol. The first-order valence-electron chi connectivity index (χ1n) is 15.1. The molecule has 5 aliphatic rings. The summed E-state index contributed by atoms with van der Waals surface area (Å²) < 4.78 is 31.8. The fraction of sp³-hybridized carbons (Fsp3) is 0.645. The van der Waals surface area contributed by atoms with Gasteiger partial charge in [0.15, 0.2) is 21.7 Å². The first-order chi connectivity index (χ1) is 20.3. The molecule has 11 nitrogen and oxygen atoms in total. The number of amides is 3. The number of likely N-dealkylation sites (tertiary alicyclic amines) is 1. The number of hydrogen-bond acceptors (Lipinski definition) is 8. The number of nitrogens with one attached hydrogen (secondary N) is 1. The number of carbonyl (C=O) groups excluding carboxylic acids is 3. The molecule has 4 heterocycles. The van der Waals surface area contributed by atoms with Crippen LogP contribution in [-0.4, -0.2) is 79.1 Å². The highest BCUT2D eigenvalue weighted by Gasteiger charge is 2.70. The monoisotopic (exact) mass is 617 g/mol. The van der Waals surface area contributed by atoms with Crippen LogP contribution in [-0.2, 0) is 38.7 Å². The van der Waals surface area contributed by atoms with Gasteiger partial charge in [0.1, 0.15) is 5.88 Å². The molecule has 1 saturated carbocycles.